The summed E-state index contributed by atoms with van der Waals surface area (Å²) >= 11 is 0. The SMILES string of the molecule is C#C[C@H]1CCC[C@@H](C=O)C1. The van der Waals surface area contributed by atoms with E-state index in [4.69, 9.17) is 6.42 Å². The molecule has 0 unspecified atom stereocenters. The van der Waals surface area contributed by atoms with Gasteiger partial charge in [-0.2, -0.15) is 0 Å². The Hall–Kier alpha value is -0.770. The number of hydrogen-bond acceptors (Lipinski definition) is 1. The van der Waals surface area contributed by atoms with Crippen LogP contribution in [0, 0.1) is 24.2 Å². The van der Waals surface area contributed by atoms with E-state index in [1.807, 2.05) is 0 Å². The summed E-state index contributed by atoms with van der Waals surface area (Å²) in [5.41, 5.74) is 0. The molecule has 1 aliphatic carbocycles. The van der Waals surface area contributed by atoms with E-state index in [1.165, 1.54) is 0 Å². The minimum Gasteiger partial charge on any atom is -0.303 e. The van der Waals surface area contributed by atoms with E-state index < -0.39 is 0 Å². The Morgan fingerprint density at radius 3 is 2.90 bits per heavy atom. The van der Waals surface area contributed by atoms with Crippen molar-refractivity contribution in [3.63, 3.8) is 0 Å². The molecule has 2 atom stereocenters. The molecule has 0 N–H and O–H groups in total. The molecule has 0 aromatic carbocycles. The predicted octanol–water partition coefficient (Wildman–Crippen LogP) is 1.62. The summed E-state index contributed by atoms with van der Waals surface area (Å²) in [6, 6.07) is 0. The molecule has 10 heavy (non-hydrogen) atoms. The van der Waals surface area contributed by atoms with Crippen molar-refractivity contribution in [1.82, 2.24) is 0 Å². The Balaban J connectivity index is 2.40. The van der Waals surface area contributed by atoms with E-state index in [0.29, 0.717) is 5.92 Å². The van der Waals surface area contributed by atoms with Gasteiger partial charge in [-0.3, -0.25) is 0 Å². The van der Waals surface area contributed by atoms with Gasteiger partial charge < -0.3 is 4.79 Å². The van der Waals surface area contributed by atoms with Gasteiger partial charge in [0, 0.05) is 11.8 Å². The lowest BCUT2D eigenvalue weighted by Crippen LogP contribution is -2.14. The minimum absolute atomic E-state index is 0.245. The molecule has 0 bridgehead atoms. The van der Waals surface area contributed by atoms with Crippen LogP contribution in [0.15, 0.2) is 0 Å². The van der Waals surface area contributed by atoms with Crippen LogP contribution < -0.4 is 0 Å². The molecule has 0 saturated heterocycles. The van der Waals surface area contributed by atoms with Crippen LogP contribution in [0.5, 0.6) is 0 Å². The van der Waals surface area contributed by atoms with Crippen molar-refractivity contribution in [2.75, 3.05) is 0 Å². The van der Waals surface area contributed by atoms with Crippen molar-refractivity contribution < 1.29 is 4.79 Å². The van der Waals surface area contributed by atoms with Crippen LogP contribution in [-0.4, -0.2) is 6.29 Å². The van der Waals surface area contributed by atoms with Gasteiger partial charge in [-0.05, 0) is 19.3 Å². The van der Waals surface area contributed by atoms with E-state index >= 15 is 0 Å². The zero-order valence-corrected chi connectivity index (χ0v) is 6.05. The van der Waals surface area contributed by atoms with Gasteiger partial charge in [0.1, 0.15) is 6.29 Å². The lowest BCUT2D eigenvalue weighted by Gasteiger charge is -2.21. The van der Waals surface area contributed by atoms with Crippen molar-refractivity contribution in [2.24, 2.45) is 11.8 Å². The monoisotopic (exact) mass is 136 g/mol. The van der Waals surface area contributed by atoms with Gasteiger partial charge in [0.2, 0.25) is 0 Å². The van der Waals surface area contributed by atoms with Crippen molar-refractivity contribution in [1.29, 1.82) is 0 Å². The standard InChI is InChI=1S/C9H12O/c1-2-8-4-3-5-9(6-8)7-10/h1,7-9H,3-6H2/t8-,9+/m0/s1. The molecule has 1 rings (SSSR count). The van der Waals surface area contributed by atoms with E-state index in [1.54, 1.807) is 0 Å². The van der Waals surface area contributed by atoms with Gasteiger partial charge in [-0.25, -0.2) is 0 Å². The Morgan fingerprint density at radius 2 is 2.30 bits per heavy atom. The summed E-state index contributed by atoms with van der Waals surface area (Å²) < 4.78 is 0. The van der Waals surface area contributed by atoms with Crippen LogP contribution in [0.3, 0.4) is 0 Å². The molecule has 0 heterocycles. The maximum atomic E-state index is 10.4. The lowest BCUT2D eigenvalue weighted by molar-refractivity contribution is -0.112. The third-order valence-electron chi connectivity index (χ3n) is 2.14. The van der Waals surface area contributed by atoms with Crippen molar-refractivity contribution in [3.8, 4) is 12.3 Å². The number of hydrogen-bond donors (Lipinski definition) is 0. The Bertz CT molecular complexity index is 155. The average molecular weight is 136 g/mol. The maximum absolute atomic E-state index is 10.4. The summed E-state index contributed by atoms with van der Waals surface area (Å²) in [4.78, 5) is 10.4. The third kappa shape index (κ3) is 1.60. The van der Waals surface area contributed by atoms with E-state index in [0.717, 1.165) is 32.0 Å². The van der Waals surface area contributed by atoms with Crippen LogP contribution in [0.2, 0.25) is 0 Å². The molecule has 0 aromatic rings. The fourth-order valence-electron chi connectivity index (χ4n) is 1.50. The molecule has 0 spiro atoms. The Morgan fingerprint density at radius 1 is 1.50 bits per heavy atom. The van der Waals surface area contributed by atoms with Crippen LogP contribution in [0.25, 0.3) is 0 Å². The number of carbonyl (C=O) groups is 1. The van der Waals surface area contributed by atoms with E-state index in [2.05, 4.69) is 5.92 Å². The highest BCUT2D eigenvalue weighted by molar-refractivity contribution is 5.53. The molecule has 1 fully saturated rings. The van der Waals surface area contributed by atoms with Crippen LogP contribution in [-0.2, 0) is 4.79 Å². The summed E-state index contributed by atoms with van der Waals surface area (Å²) in [5.74, 6) is 3.32. The molecular weight excluding hydrogens is 124 g/mol. The van der Waals surface area contributed by atoms with Gasteiger partial charge >= 0.3 is 0 Å². The average Bonchev–Trinajstić information content (AvgIpc) is 2.05. The second kappa shape index (κ2) is 3.41. The fourth-order valence-corrected chi connectivity index (χ4v) is 1.50. The highest BCUT2D eigenvalue weighted by Gasteiger charge is 2.19. The summed E-state index contributed by atoms with van der Waals surface area (Å²) in [7, 11) is 0. The molecule has 1 saturated carbocycles. The minimum atomic E-state index is 0.245. The van der Waals surface area contributed by atoms with Crippen molar-refractivity contribution >= 4 is 6.29 Å². The summed E-state index contributed by atoms with van der Waals surface area (Å²) in [6.45, 7) is 0. The van der Waals surface area contributed by atoms with E-state index in [-0.39, 0.29) is 5.92 Å². The highest BCUT2D eigenvalue weighted by atomic mass is 16.1. The smallest absolute Gasteiger partial charge is 0.123 e. The summed E-state index contributed by atoms with van der Waals surface area (Å²) in [5, 5.41) is 0. The Labute approximate surface area is 61.8 Å². The number of rotatable bonds is 1. The zero-order valence-electron chi connectivity index (χ0n) is 6.05. The van der Waals surface area contributed by atoms with Crippen LogP contribution >= 0.6 is 0 Å². The van der Waals surface area contributed by atoms with Gasteiger partial charge in [0.05, 0.1) is 0 Å². The maximum Gasteiger partial charge on any atom is 0.123 e. The van der Waals surface area contributed by atoms with Gasteiger partial charge in [-0.1, -0.05) is 6.42 Å². The second-order valence-corrected chi connectivity index (χ2v) is 2.93. The summed E-state index contributed by atoms with van der Waals surface area (Å²) in [6.07, 6.45) is 10.5. The van der Waals surface area contributed by atoms with Gasteiger partial charge in [0.15, 0.2) is 0 Å². The molecule has 1 aliphatic rings. The number of carbonyl (C=O) groups excluding carboxylic acids is 1. The molecule has 54 valence electrons. The highest BCUT2D eigenvalue weighted by Crippen LogP contribution is 2.26. The molecule has 0 radical (unpaired) electrons. The van der Waals surface area contributed by atoms with Crippen molar-refractivity contribution in [3.05, 3.63) is 0 Å². The first-order valence-electron chi connectivity index (χ1n) is 3.78. The quantitative estimate of drug-likeness (QED) is 0.395. The first-order chi connectivity index (χ1) is 4.86. The zero-order chi connectivity index (χ0) is 7.40. The Kier molecular flexibility index (Phi) is 2.50. The first kappa shape index (κ1) is 7.34. The topological polar surface area (TPSA) is 17.1 Å². The largest absolute Gasteiger partial charge is 0.303 e. The molecule has 1 nitrogen and oxygen atoms in total. The van der Waals surface area contributed by atoms with E-state index in [9.17, 15) is 4.79 Å². The van der Waals surface area contributed by atoms with Gasteiger partial charge in [-0.15, -0.1) is 12.3 Å². The van der Waals surface area contributed by atoms with Gasteiger partial charge in [0.25, 0.3) is 0 Å². The molecule has 0 aromatic heterocycles. The van der Waals surface area contributed by atoms with Crippen molar-refractivity contribution in [2.45, 2.75) is 25.7 Å². The normalized spacial score (nSPS) is 32.7. The number of aldehydes is 1. The van der Waals surface area contributed by atoms with Crippen LogP contribution in [0.1, 0.15) is 25.7 Å². The first-order valence-corrected chi connectivity index (χ1v) is 3.78. The van der Waals surface area contributed by atoms with Crippen LogP contribution in [0.4, 0.5) is 0 Å². The molecule has 0 aliphatic heterocycles. The third-order valence-corrected chi connectivity index (χ3v) is 2.14. The predicted molar refractivity (Wildman–Crippen MR) is 40.3 cm³/mol. The lowest BCUT2D eigenvalue weighted by atomic mass is 9.83. The number of terminal acetylenes is 1. The fraction of sp³-hybridized carbons (Fsp3) is 0.667. The molecule has 1 heteroatoms. The molecule has 0 amide bonds. The molecular formula is C9H12O. The second-order valence-electron chi connectivity index (χ2n) is 2.93.